The molecule has 2 aromatic carbocycles. The molecule has 2 aromatic rings. The first kappa shape index (κ1) is 25.4. The Hall–Kier alpha value is -3.69. The number of hydrogen-bond acceptors (Lipinski definition) is 4. The highest BCUT2D eigenvalue weighted by Crippen LogP contribution is 2.50. The Bertz CT molecular complexity index is 1230. The number of carbonyl (C=O) groups is 2. The van der Waals surface area contributed by atoms with Gasteiger partial charge in [-0.1, -0.05) is 18.6 Å². The van der Waals surface area contributed by atoms with E-state index in [1.165, 1.54) is 24.6 Å². The molecule has 0 aliphatic heterocycles. The Balaban J connectivity index is 1.54. The summed E-state index contributed by atoms with van der Waals surface area (Å²) in [6, 6.07) is 6.30. The van der Waals surface area contributed by atoms with Crippen LogP contribution in [0.2, 0.25) is 0 Å². The zero-order valence-electron chi connectivity index (χ0n) is 19.2. The molecular weight excluding hydrogens is 478 g/mol. The zero-order chi connectivity index (χ0) is 26.1. The quantitative estimate of drug-likeness (QED) is 0.265. The normalized spacial score (nSPS) is 17.2. The summed E-state index contributed by atoms with van der Waals surface area (Å²) in [5, 5.41) is 23.2. The van der Waals surface area contributed by atoms with Crippen LogP contribution in [0.1, 0.15) is 59.2 Å². The number of carbonyl (C=O) groups excluding carboxylic acids is 1. The number of anilines is 1. The third kappa shape index (κ3) is 5.12. The molecule has 0 heterocycles. The summed E-state index contributed by atoms with van der Waals surface area (Å²) in [6.07, 6.45) is 1.89. The van der Waals surface area contributed by atoms with E-state index in [9.17, 15) is 32.3 Å². The number of nitrogens with one attached hydrogen (secondary N) is 3. The second-order valence-corrected chi connectivity index (χ2v) is 9.24. The molecule has 0 aromatic heterocycles. The lowest BCUT2D eigenvalue weighted by Gasteiger charge is -2.25. The predicted molar refractivity (Wildman–Crippen MR) is 126 cm³/mol. The van der Waals surface area contributed by atoms with Gasteiger partial charge in [-0.3, -0.25) is 4.79 Å². The molecule has 6 nitrogen and oxygen atoms in total. The molecule has 0 unspecified atom stereocenters. The van der Waals surface area contributed by atoms with Crippen LogP contribution >= 0.6 is 0 Å². The average Bonchev–Trinajstić information content (AvgIpc) is 3.59. The number of carboxylic acid groups (broad SMARTS) is 1. The van der Waals surface area contributed by atoms with Crippen molar-refractivity contribution >= 4 is 29.4 Å². The minimum atomic E-state index is -4.70. The summed E-state index contributed by atoms with van der Waals surface area (Å²) >= 11 is 0. The maximum Gasteiger partial charge on any atom is 0.416 e. The van der Waals surface area contributed by atoms with Gasteiger partial charge in [0.1, 0.15) is 5.82 Å². The van der Waals surface area contributed by atoms with Crippen LogP contribution in [0.15, 0.2) is 42.6 Å². The van der Waals surface area contributed by atoms with E-state index in [2.05, 4.69) is 10.6 Å². The summed E-state index contributed by atoms with van der Waals surface area (Å²) in [4.78, 5) is 25.0. The molecular formula is C26H25F4N3O3. The van der Waals surface area contributed by atoms with Gasteiger partial charge in [-0.05, 0) is 61.4 Å². The summed E-state index contributed by atoms with van der Waals surface area (Å²) < 4.78 is 53.2. The van der Waals surface area contributed by atoms with Gasteiger partial charge in [-0.2, -0.15) is 13.2 Å². The minimum absolute atomic E-state index is 0.130. The van der Waals surface area contributed by atoms with Gasteiger partial charge >= 0.3 is 12.1 Å². The number of rotatable bonds is 9. The van der Waals surface area contributed by atoms with E-state index >= 15 is 0 Å². The highest BCUT2D eigenvalue weighted by atomic mass is 19.4. The van der Waals surface area contributed by atoms with Crippen molar-refractivity contribution < 1.29 is 32.3 Å². The molecule has 2 aliphatic rings. The number of hydrogen-bond donors (Lipinski definition) is 4. The molecule has 4 N–H and O–H groups in total. The number of amides is 1. The Kier molecular flexibility index (Phi) is 6.88. The monoisotopic (exact) mass is 503 g/mol. The Morgan fingerprint density at radius 1 is 1.11 bits per heavy atom. The second kappa shape index (κ2) is 9.75. The molecule has 0 spiro atoms. The Morgan fingerprint density at radius 2 is 1.83 bits per heavy atom. The number of aromatic carboxylic acids is 1. The van der Waals surface area contributed by atoms with Gasteiger partial charge in [0.2, 0.25) is 5.91 Å². The fourth-order valence-electron chi connectivity index (χ4n) is 4.35. The van der Waals surface area contributed by atoms with Crippen LogP contribution in [0, 0.1) is 17.1 Å². The van der Waals surface area contributed by atoms with Crippen LogP contribution in [0.4, 0.5) is 23.2 Å². The van der Waals surface area contributed by atoms with Gasteiger partial charge in [0.05, 0.1) is 16.5 Å². The summed E-state index contributed by atoms with van der Waals surface area (Å²) in [7, 11) is 0. The van der Waals surface area contributed by atoms with E-state index < -0.39 is 34.8 Å². The highest BCUT2D eigenvalue weighted by molar-refractivity contribution is 6.12. The first-order valence-electron chi connectivity index (χ1n) is 11.6. The second-order valence-electron chi connectivity index (χ2n) is 9.24. The zero-order valence-corrected chi connectivity index (χ0v) is 19.2. The Morgan fingerprint density at radius 3 is 2.36 bits per heavy atom. The molecule has 2 saturated carbocycles. The van der Waals surface area contributed by atoms with Crippen LogP contribution in [-0.4, -0.2) is 29.7 Å². The summed E-state index contributed by atoms with van der Waals surface area (Å²) in [5.41, 5.74) is -1.94. The molecule has 2 aliphatic carbocycles. The van der Waals surface area contributed by atoms with E-state index in [-0.39, 0.29) is 35.2 Å². The number of carboxylic acids is 1. The van der Waals surface area contributed by atoms with E-state index in [4.69, 9.17) is 5.41 Å². The average molecular weight is 503 g/mol. The lowest BCUT2D eigenvalue weighted by atomic mass is 9.85. The lowest BCUT2D eigenvalue weighted by molar-refractivity contribution is -0.137. The molecule has 4 rings (SSSR count). The van der Waals surface area contributed by atoms with Crippen molar-refractivity contribution in [3.8, 4) is 0 Å². The topological polar surface area (TPSA) is 102 Å². The van der Waals surface area contributed by atoms with Gasteiger partial charge in [-0.15, -0.1) is 0 Å². The molecule has 0 radical (unpaired) electrons. The molecule has 1 amide bonds. The first-order valence-corrected chi connectivity index (χ1v) is 11.6. The number of alkyl halides is 3. The first-order chi connectivity index (χ1) is 17.0. The summed E-state index contributed by atoms with van der Waals surface area (Å²) in [5.74, 6) is -2.44. The van der Waals surface area contributed by atoms with E-state index in [1.54, 1.807) is 6.20 Å². The Labute approximate surface area is 204 Å². The third-order valence-electron chi connectivity index (χ3n) is 6.86. The van der Waals surface area contributed by atoms with Crippen molar-refractivity contribution in [1.82, 2.24) is 5.32 Å². The molecule has 0 atom stereocenters. The van der Waals surface area contributed by atoms with Gasteiger partial charge in [0.15, 0.2) is 0 Å². The fraction of sp³-hybridized carbons (Fsp3) is 0.346. The summed E-state index contributed by atoms with van der Waals surface area (Å²) in [6.45, 7) is 0.733. The van der Waals surface area contributed by atoms with Crippen LogP contribution in [0.5, 0.6) is 0 Å². The molecule has 190 valence electrons. The molecule has 0 saturated heterocycles. The van der Waals surface area contributed by atoms with Crippen LogP contribution in [0.3, 0.4) is 0 Å². The smallest absolute Gasteiger partial charge is 0.416 e. The SMILES string of the molecule is N=C/C(=C\NCC1CCC1)c1ccc(NC(=O)C2(c3ccc(C(F)(F)F)cc3F)CC2)cc1C(=O)O. The maximum atomic E-state index is 14.6. The molecule has 0 bridgehead atoms. The largest absolute Gasteiger partial charge is 0.478 e. The van der Waals surface area contributed by atoms with E-state index in [0.717, 1.165) is 37.7 Å². The van der Waals surface area contributed by atoms with Crippen molar-refractivity contribution in [1.29, 1.82) is 5.41 Å². The molecule has 36 heavy (non-hydrogen) atoms. The lowest BCUT2D eigenvalue weighted by Crippen LogP contribution is -2.29. The highest BCUT2D eigenvalue weighted by Gasteiger charge is 2.53. The van der Waals surface area contributed by atoms with Crippen molar-refractivity contribution in [2.24, 2.45) is 5.92 Å². The van der Waals surface area contributed by atoms with Crippen molar-refractivity contribution in [2.75, 3.05) is 11.9 Å². The predicted octanol–water partition coefficient (Wildman–Crippen LogP) is 5.59. The molecule has 2 fully saturated rings. The standard InChI is InChI=1S/C26H25F4N3O3/c27-22-10-17(26(28,29)30)4-7-21(22)25(8-9-25)24(36)33-18-5-6-19(20(11-18)23(34)35)16(12-31)14-32-13-15-2-1-3-15/h4-7,10-12,14-15,31-32H,1-3,8-9,13H2,(H,33,36)(H,34,35)/b16-14+,31-12?. The van der Waals surface area contributed by atoms with Gasteiger partial charge < -0.3 is 21.1 Å². The van der Waals surface area contributed by atoms with E-state index in [0.29, 0.717) is 17.6 Å². The minimum Gasteiger partial charge on any atom is -0.478 e. The third-order valence-corrected chi connectivity index (χ3v) is 6.86. The van der Waals surface area contributed by atoms with Crippen LogP contribution in [-0.2, 0) is 16.4 Å². The van der Waals surface area contributed by atoms with Crippen molar-refractivity contribution in [2.45, 2.75) is 43.7 Å². The maximum absolute atomic E-state index is 14.6. The van der Waals surface area contributed by atoms with Crippen molar-refractivity contribution in [3.05, 3.63) is 70.7 Å². The molecule has 10 heteroatoms. The fourth-order valence-corrected chi connectivity index (χ4v) is 4.35. The van der Waals surface area contributed by atoms with Crippen LogP contribution in [0.25, 0.3) is 5.57 Å². The number of benzene rings is 2. The van der Waals surface area contributed by atoms with Crippen LogP contribution < -0.4 is 10.6 Å². The number of allylic oxidation sites excluding steroid dienone is 1. The van der Waals surface area contributed by atoms with Gasteiger partial charge in [0.25, 0.3) is 0 Å². The van der Waals surface area contributed by atoms with Gasteiger partial charge in [0, 0.05) is 35.8 Å². The van der Waals surface area contributed by atoms with Crippen molar-refractivity contribution in [3.63, 3.8) is 0 Å². The number of halogens is 4. The van der Waals surface area contributed by atoms with E-state index in [1.807, 2.05) is 0 Å². The van der Waals surface area contributed by atoms with Gasteiger partial charge in [-0.25, -0.2) is 9.18 Å².